The summed E-state index contributed by atoms with van der Waals surface area (Å²) in [5.41, 5.74) is 2.64. The number of nitrogens with zero attached hydrogens (tertiary/aromatic N) is 1. The minimum Gasteiger partial charge on any atom is -0.354 e. The minimum absolute atomic E-state index is 0.0253. The Labute approximate surface area is 178 Å². The van der Waals surface area contributed by atoms with Crippen LogP contribution >= 0.6 is 11.3 Å². The zero-order valence-corrected chi connectivity index (χ0v) is 18.1. The van der Waals surface area contributed by atoms with Crippen molar-refractivity contribution in [3.8, 4) is 0 Å². The Hall–Kier alpha value is -2.91. The summed E-state index contributed by atoms with van der Waals surface area (Å²) >= 11 is 1.14. The molecule has 1 amide bonds. The summed E-state index contributed by atoms with van der Waals surface area (Å²) in [5, 5.41) is 6.79. The summed E-state index contributed by atoms with van der Waals surface area (Å²) in [6, 6.07) is 10.5. The lowest BCUT2D eigenvalue weighted by Gasteiger charge is -2.06. The molecule has 1 aromatic carbocycles. The Balaban J connectivity index is 1.49. The van der Waals surface area contributed by atoms with E-state index in [0.717, 1.165) is 34.6 Å². The molecule has 1 fully saturated rings. The second kappa shape index (κ2) is 8.08. The molecule has 7 nitrogen and oxygen atoms in total. The van der Waals surface area contributed by atoms with Crippen molar-refractivity contribution in [2.24, 2.45) is 5.92 Å². The number of aromatic nitrogens is 1. The molecule has 1 saturated carbocycles. The Bertz CT molecular complexity index is 1220. The molecule has 2 heterocycles. The number of nitrogens with one attached hydrogen (secondary N) is 2. The van der Waals surface area contributed by atoms with Gasteiger partial charge in [0.1, 0.15) is 15.6 Å². The zero-order chi connectivity index (χ0) is 21.3. The molecule has 3 aromatic rings. The van der Waals surface area contributed by atoms with Crippen LogP contribution in [0.15, 0.2) is 45.1 Å². The molecule has 2 N–H and O–H groups in total. The van der Waals surface area contributed by atoms with Crippen LogP contribution in [-0.2, 0) is 14.8 Å². The number of hydrogen-bond acceptors (Lipinski definition) is 6. The van der Waals surface area contributed by atoms with Gasteiger partial charge in [0, 0.05) is 16.5 Å². The normalized spacial score (nSPS) is 14.2. The minimum atomic E-state index is -3.67. The molecule has 156 valence electrons. The third-order valence-corrected chi connectivity index (χ3v) is 7.55. The average Bonchev–Trinajstić information content (AvgIpc) is 3.33. The number of carbonyl (C=O) groups is 1. The van der Waals surface area contributed by atoms with E-state index in [4.69, 9.17) is 4.52 Å². The van der Waals surface area contributed by atoms with E-state index in [1.807, 2.05) is 13.0 Å². The van der Waals surface area contributed by atoms with Gasteiger partial charge < -0.3 is 9.84 Å². The van der Waals surface area contributed by atoms with Crippen molar-refractivity contribution in [1.82, 2.24) is 5.16 Å². The molecule has 1 aliphatic rings. The van der Waals surface area contributed by atoms with E-state index in [1.165, 1.54) is 0 Å². The summed E-state index contributed by atoms with van der Waals surface area (Å²) in [4.78, 5) is 12.8. The maximum atomic E-state index is 12.6. The van der Waals surface area contributed by atoms with Gasteiger partial charge in [-0.05, 0) is 68.7 Å². The molecule has 30 heavy (non-hydrogen) atoms. The van der Waals surface area contributed by atoms with Crippen molar-refractivity contribution in [3.63, 3.8) is 0 Å². The summed E-state index contributed by atoms with van der Waals surface area (Å²) in [6.07, 6.45) is 5.23. The van der Waals surface area contributed by atoms with E-state index < -0.39 is 10.0 Å². The lowest BCUT2D eigenvalue weighted by Crippen LogP contribution is -2.14. The number of hydrogen-bond donors (Lipinski definition) is 2. The van der Waals surface area contributed by atoms with Crippen LogP contribution in [0.25, 0.3) is 12.2 Å². The first-order chi connectivity index (χ1) is 14.3. The number of aryl methyl sites for hydroxylation is 2. The van der Waals surface area contributed by atoms with Crippen molar-refractivity contribution >= 4 is 50.8 Å². The molecule has 4 rings (SSSR count). The smallest absolute Gasteiger partial charge is 0.271 e. The number of sulfonamides is 1. The lowest BCUT2D eigenvalue weighted by atomic mass is 10.2. The van der Waals surface area contributed by atoms with Gasteiger partial charge in [0.05, 0.1) is 0 Å². The van der Waals surface area contributed by atoms with Gasteiger partial charge in [0.2, 0.25) is 5.91 Å². The standard InChI is InChI=1S/C21H21N3O4S2/c1-13-4-3-5-16(12-13)24-30(26,27)19-11-9-17(29-19)8-10-18-20(14(2)23-28-18)22-21(25)15-6-7-15/h3-5,8-12,15,24H,6-7H2,1-2H3,(H,22,25)/b10-8+. The van der Waals surface area contributed by atoms with Gasteiger partial charge in [-0.3, -0.25) is 9.52 Å². The second-order valence-corrected chi connectivity index (χ2v) is 10.3. The van der Waals surface area contributed by atoms with Crippen molar-refractivity contribution in [2.45, 2.75) is 30.9 Å². The molecule has 9 heteroatoms. The topological polar surface area (TPSA) is 101 Å². The molecular weight excluding hydrogens is 422 g/mol. The summed E-state index contributed by atoms with van der Waals surface area (Å²) < 4.78 is 33.4. The number of benzene rings is 1. The first kappa shape index (κ1) is 20.4. The van der Waals surface area contributed by atoms with Crippen LogP contribution in [-0.4, -0.2) is 19.5 Å². The molecule has 1 aliphatic carbocycles. The molecule has 0 aliphatic heterocycles. The van der Waals surface area contributed by atoms with Crippen molar-refractivity contribution in [3.05, 3.63) is 58.3 Å². The van der Waals surface area contributed by atoms with Crippen LogP contribution in [0.3, 0.4) is 0 Å². The Morgan fingerprint density at radius 2 is 2.00 bits per heavy atom. The van der Waals surface area contributed by atoms with E-state index in [0.29, 0.717) is 22.8 Å². The lowest BCUT2D eigenvalue weighted by molar-refractivity contribution is -0.117. The Morgan fingerprint density at radius 1 is 1.20 bits per heavy atom. The van der Waals surface area contributed by atoms with Gasteiger partial charge in [0.15, 0.2) is 5.76 Å². The maximum absolute atomic E-state index is 12.6. The molecule has 0 spiro atoms. The highest BCUT2D eigenvalue weighted by atomic mass is 32.2. The predicted octanol–water partition coefficient (Wildman–Crippen LogP) is 4.67. The highest BCUT2D eigenvalue weighted by molar-refractivity contribution is 7.94. The fourth-order valence-corrected chi connectivity index (χ4v) is 5.14. The Kier molecular flexibility index (Phi) is 5.48. The van der Waals surface area contributed by atoms with Gasteiger partial charge in [0.25, 0.3) is 10.0 Å². The SMILES string of the molecule is Cc1cccc(NS(=O)(=O)c2ccc(/C=C/c3onc(C)c3NC(=O)C3CC3)s2)c1. The third kappa shape index (κ3) is 4.63. The quantitative estimate of drug-likeness (QED) is 0.552. The molecule has 0 unspecified atom stereocenters. The second-order valence-electron chi connectivity index (χ2n) is 7.24. The maximum Gasteiger partial charge on any atom is 0.271 e. The van der Waals surface area contributed by atoms with Crippen LogP contribution < -0.4 is 10.0 Å². The van der Waals surface area contributed by atoms with Gasteiger partial charge in [-0.1, -0.05) is 17.3 Å². The van der Waals surface area contributed by atoms with E-state index in [-0.39, 0.29) is 16.0 Å². The van der Waals surface area contributed by atoms with Gasteiger partial charge in [-0.15, -0.1) is 11.3 Å². The van der Waals surface area contributed by atoms with Crippen molar-refractivity contribution in [2.75, 3.05) is 10.0 Å². The number of amides is 1. The molecule has 0 atom stereocenters. The van der Waals surface area contributed by atoms with Crippen LogP contribution in [0.1, 0.15) is 34.7 Å². The van der Waals surface area contributed by atoms with E-state index in [9.17, 15) is 13.2 Å². The van der Waals surface area contributed by atoms with Gasteiger partial charge in [-0.2, -0.15) is 0 Å². The number of rotatable bonds is 7. The van der Waals surface area contributed by atoms with Crippen LogP contribution in [0.2, 0.25) is 0 Å². The Morgan fingerprint density at radius 3 is 2.73 bits per heavy atom. The molecule has 0 saturated heterocycles. The first-order valence-electron chi connectivity index (χ1n) is 9.46. The highest BCUT2D eigenvalue weighted by Gasteiger charge is 2.30. The molecule has 0 radical (unpaired) electrons. The number of anilines is 2. The predicted molar refractivity (Wildman–Crippen MR) is 118 cm³/mol. The van der Waals surface area contributed by atoms with Crippen molar-refractivity contribution in [1.29, 1.82) is 0 Å². The van der Waals surface area contributed by atoms with E-state index in [1.54, 1.807) is 49.4 Å². The highest BCUT2D eigenvalue weighted by Crippen LogP contribution is 2.32. The average molecular weight is 444 g/mol. The fourth-order valence-electron chi connectivity index (χ4n) is 2.86. The van der Waals surface area contributed by atoms with Crippen LogP contribution in [0, 0.1) is 19.8 Å². The molecule has 0 bridgehead atoms. The van der Waals surface area contributed by atoms with Crippen LogP contribution in [0.5, 0.6) is 0 Å². The zero-order valence-electron chi connectivity index (χ0n) is 16.5. The monoisotopic (exact) mass is 443 g/mol. The molecule has 2 aromatic heterocycles. The van der Waals surface area contributed by atoms with Crippen LogP contribution in [0.4, 0.5) is 11.4 Å². The van der Waals surface area contributed by atoms with E-state index in [2.05, 4.69) is 15.2 Å². The number of thiophene rings is 1. The first-order valence-corrected chi connectivity index (χ1v) is 11.8. The van der Waals surface area contributed by atoms with Gasteiger partial charge in [-0.25, -0.2) is 8.42 Å². The van der Waals surface area contributed by atoms with Crippen molar-refractivity contribution < 1.29 is 17.7 Å². The number of carbonyl (C=O) groups excluding carboxylic acids is 1. The molecular formula is C21H21N3O4S2. The van der Waals surface area contributed by atoms with E-state index >= 15 is 0 Å². The largest absolute Gasteiger partial charge is 0.354 e. The summed E-state index contributed by atoms with van der Waals surface area (Å²) in [5.74, 6) is 0.474. The summed E-state index contributed by atoms with van der Waals surface area (Å²) in [7, 11) is -3.67. The third-order valence-electron chi connectivity index (χ3n) is 4.62. The summed E-state index contributed by atoms with van der Waals surface area (Å²) in [6.45, 7) is 3.66. The fraction of sp³-hybridized carbons (Fsp3) is 0.238. The van der Waals surface area contributed by atoms with Gasteiger partial charge >= 0.3 is 0 Å².